The number of hydrogen-bond donors (Lipinski definition) is 0. The van der Waals surface area contributed by atoms with E-state index in [4.69, 9.17) is 4.74 Å². The molecule has 2 saturated heterocycles. The van der Waals surface area contributed by atoms with Crippen molar-refractivity contribution in [2.75, 3.05) is 33.3 Å². The first-order chi connectivity index (χ1) is 15.6. The molecule has 2 aliphatic rings. The fraction of sp³-hybridized carbons (Fsp3) is 0.522. The van der Waals surface area contributed by atoms with Gasteiger partial charge in [-0.1, -0.05) is 0 Å². The van der Waals surface area contributed by atoms with Crippen LogP contribution < -0.4 is 4.74 Å². The number of likely N-dealkylation sites (tertiary alicyclic amines) is 2. The number of ether oxygens (including phenoxy) is 1. The summed E-state index contributed by atoms with van der Waals surface area (Å²) in [6.07, 6.45) is 3.73. The molecular formula is C23H28FN5O2S. The van der Waals surface area contributed by atoms with E-state index in [2.05, 4.69) is 31.7 Å². The van der Waals surface area contributed by atoms with Crippen LogP contribution >= 0.6 is 11.3 Å². The Hall–Kier alpha value is -2.52. The van der Waals surface area contributed by atoms with Crippen molar-refractivity contribution in [3.05, 3.63) is 40.7 Å². The van der Waals surface area contributed by atoms with Gasteiger partial charge >= 0.3 is 0 Å². The summed E-state index contributed by atoms with van der Waals surface area (Å²) in [4.78, 5) is 26.0. The van der Waals surface area contributed by atoms with Crippen molar-refractivity contribution < 1.29 is 13.9 Å². The molecule has 1 amide bonds. The van der Waals surface area contributed by atoms with Gasteiger partial charge in [-0.15, -0.1) is 0 Å². The van der Waals surface area contributed by atoms with E-state index < -0.39 is 5.67 Å². The third-order valence-electron chi connectivity index (χ3n) is 6.73. The number of pyridine rings is 1. The van der Waals surface area contributed by atoms with Gasteiger partial charge in [0.2, 0.25) is 0 Å². The number of amides is 1. The zero-order valence-corrected chi connectivity index (χ0v) is 19.1. The zero-order valence-electron chi connectivity index (χ0n) is 18.2. The minimum Gasteiger partial charge on any atom is -0.468 e. The van der Waals surface area contributed by atoms with Crippen molar-refractivity contribution in [1.29, 1.82) is 0 Å². The number of fused-ring (bicyclic) bond motifs is 1. The molecule has 0 atom stereocenters. The zero-order chi connectivity index (χ0) is 22.1. The normalized spacial score (nSPS) is 20.0. The molecule has 2 aliphatic heterocycles. The maximum absolute atomic E-state index is 15.6. The Balaban J connectivity index is 1.21. The number of carbonyl (C=O) groups is 1. The predicted molar refractivity (Wildman–Crippen MR) is 122 cm³/mol. The fourth-order valence-electron chi connectivity index (χ4n) is 4.91. The minimum absolute atomic E-state index is 0.122. The number of alkyl halides is 1. The van der Waals surface area contributed by atoms with Crippen LogP contribution in [0, 0.1) is 0 Å². The summed E-state index contributed by atoms with van der Waals surface area (Å²) in [6, 6.07) is 6.52. The van der Waals surface area contributed by atoms with E-state index in [1.807, 2.05) is 16.7 Å². The smallest absolute Gasteiger partial charge is 0.298 e. The molecule has 3 aromatic rings. The molecule has 7 nitrogen and oxygen atoms in total. The average Bonchev–Trinajstić information content (AvgIpc) is 3.47. The highest BCUT2D eigenvalue weighted by molar-refractivity contribution is 7.07. The van der Waals surface area contributed by atoms with Gasteiger partial charge in [0.15, 0.2) is 11.3 Å². The molecule has 3 aromatic heterocycles. The number of piperidine rings is 2. The van der Waals surface area contributed by atoms with Crippen LogP contribution in [0.1, 0.15) is 37.3 Å². The van der Waals surface area contributed by atoms with Gasteiger partial charge in [0.05, 0.1) is 7.11 Å². The molecule has 9 heteroatoms. The topological polar surface area (TPSA) is 63.5 Å². The van der Waals surface area contributed by atoms with Crippen LogP contribution in [0.25, 0.3) is 11.2 Å². The number of hydrogen-bond acceptors (Lipinski definition) is 6. The number of thiophene rings is 1. The first-order valence-electron chi connectivity index (χ1n) is 11.2. The molecule has 0 bridgehead atoms. The van der Waals surface area contributed by atoms with E-state index in [0.29, 0.717) is 32.2 Å². The number of nitrogens with zero attached hydrogens (tertiary/aromatic N) is 5. The Labute approximate surface area is 190 Å². The summed E-state index contributed by atoms with van der Waals surface area (Å²) in [6.45, 7) is 3.11. The molecule has 0 aromatic carbocycles. The fourth-order valence-corrected chi connectivity index (χ4v) is 5.57. The minimum atomic E-state index is -1.75. The molecule has 2 fully saturated rings. The van der Waals surface area contributed by atoms with E-state index >= 15 is 4.39 Å². The van der Waals surface area contributed by atoms with Gasteiger partial charge in [0, 0.05) is 57.8 Å². The number of aromatic nitrogens is 3. The van der Waals surface area contributed by atoms with Crippen LogP contribution in [0.3, 0.4) is 0 Å². The van der Waals surface area contributed by atoms with Gasteiger partial charge in [-0.3, -0.25) is 14.3 Å². The van der Waals surface area contributed by atoms with Crippen LogP contribution in [0.2, 0.25) is 0 Å². The first kappa shape index (κ1) is 21.3. The van der Waals surface area contributed by atoms with Gasteiger partial charge in [-0.25, -0.2) is 9.37 Å². The number of halogens is 1. The maximum atomic E-state index is 15.6. The Bertz CT molecular complexity index is 1070. The Kier molecular flexibility index (Phi) is 5.86. The second kappa shape index (κ2) is 8.78. The van der Waals surface area contributed by atoms with Gasteiger partial charge in [-0.05, 0) is 47.4 Å². The van der Waals surface area contributed by atoms with E-state index in [9.17, 15) is 4.79 Å². The van der Waals surface area contributed by atoms with Gasteiger partial charge in [0.1, 0.15) is 5.52 Å². The third-order valence-corrected chi connectivity index (χ3v) is 7.47. The summed E-state index contributed by atoms with van der Waals surface area (Å²) in [5, 5.41) is 4.19. The van der Waals surface area contributed by atoms with E-state index in [0.717, 1.165) is 30.6 Å². The van der Waals surface area contributed by atoms with Crippen LogP contribution in [-0.2, 0) is 11.3 Å². The lowest BCUT2D eigenvalue weighted by Gasteiger charge is -2.40. The lowest BCUT2D eigenvalue weighted by molar-refractivity contribution is -0.148. The summed E-state index contributed by atoms with van der Waals surface area (Å²) < 4.78 is 23.1. The Morgan fingerprint density at radius 2 is 2.03 bits per heavy atom. The number of methoxy groups -OCH3 is 1. The molecule has 5 heterocycles. The van der Waals surface area contributed by atoms with E-state index in [-0.39, 0.29) is 24.8 Å². The molecule has 0 aliphatic carbocycles. The summed E-state index contributed by atoms with van der Waals surface area (Å²) in [5.41, 5.74) is 1.08. The first-order valence-corrected chi connectivity index (χ1v) is 12.1. The number of carbonyl (C=O) groups excluding carboxylic acids is 1. The van der Waals surface area contributed by atoms with E-state index in [1.165, 1.54) is 5.56 Å². The van der Waals surface area contributed by atoms with Crippen molar-refractivity contribution in [3.8, 4) is 6.01 Å². The van der Waals surface area contributed by atoms with Crippen LogP contribution in [0.5, 0.6) is 6.01 Å². The Morgan fingerprint density at radius 3 is 2.72 bits per heavy atom. The lowest BCUT2D eigenvalue weighted by atomic mass is 9.90. The highest BCUT2D eigenvalue weighted by Crippen LogP contribution is 2.34. The SMILES string of the molecule is COc1nc2cccnc2n1C1CCN(C(=O)C2(F)CCN(Cc3ccsc3)CC2)CC1. The highest BCUT2D eigenvalue weighted by atomic mass is 32.1. The van der Waals surface area contributed by atoms with Crippen LogP contribution in [0.4, 0.5) is 4.39 Å². The van der Waals surface area contributed by atoms with Gasteiger partial charge in [0.25, 0.3) is 11.9 Å². The Morgan fingerprint density at radius 1 is 1.25 bits per heavy atom. The summed E-state index contributed by atoms with van der Waals surface area (Å²) in [7, 11) is 1.61. The molecule has 0 radical (unpaired) electrons. The summed E-state index contributed by atoms with van der Waals surface area (Å²) in [5.74, 6) is -0.341. The number of rotatable bonds is 5. The van der Waals surface area contributed by atoms with Crippen molar-refractivity contribution in [3.63, 3.8) is 0 Å². The molecule has 0 spiro atoms. The molecule has 170 valence electrons. The second-order valence-electron chi connectivity index (χ2n) is 8.71. The van der Waals surface area contributed by atoms with Crippen molar-refractivity contribution in [2.45, 2.75) is 43.9 Å². The largest absolute Gasteiger partial charge is 0.468 e. The molecule has 5 rings (SSSR count). The second-order valence-corrected chi connectivity index (χ2v) is 9.49. The molecular weight excluding hydrogens is 429 g/mol. The molecule has 0 N–H and O–H groups in total. The van der Waals surface area contributed by atoms with Crippen molar-refractivity contribution in [2.24, 2.45) is 0 Å². The third kappa shape index (κ3) is 3.99. The molecule has 0 saturated carbocycles. The van der Waals surface area contributed by atoms with Crippen molar-refractivity contribution >= 4 is 28.4 Å². The predicted octanol–water partition coefficient (Wildman–Crippen LogP) is 3.67. The van der Waals surface area contributed by atoms with E-state index in [1.54, 1.807) is 29.5 Å². The molecule has 32 heavy (non-hydrogen) atoms. The molecule has 0 unspecified atom stereocenters. The maximum Gasteiger partial charge on any atom is 0.298 e. The standard InChI is InChI=1S/C23H28FN5O2S/c1-31-22-26-19-3-2-9-25-20(19)29(22)18-4-10-28(11-5-18)21(30)23(24)7-12-27(13-8-23)15-17-6-14-32-16-17/h2-3,6,9,14,16,18H,4-5,7-8,10-13,15H2,1H3. The highest BCUT2D eigenvalue weighted by Gasteiger charge is 2.45. The van der Waals surface area contributed by atoms with Crippen molar-refractivity contribution in [1.82, 2.24) is 24.3 Å². The van der Waals surface area contributed by atoms with Gasteiger partial charge < -0.3 is 9.64 Å². The monoisotopic (exact) mass is 457 g/mol. The summed E-state index contributed by atoms with van der Waals surface area (Å²) >= 11 is 1.67. The van der Waals surface area contributed by atoms with Crippen LogP contribution in [0.15, 0.2) is 35.2 Å². The average molecular weight is 458 g/mol. The van der Waals surface area contributed by atoms with Crippen LogP contribution in [-0.4, -0.2) is 69.2 Å². The van der Waals surface area contributed by atoms with Gasteiger partial charge in [-0.2, -0.15) is 16.3 Å². The number of imidazole rings is 1. The quantitative estimate of drug-likeness (QED) is 0.585. The lowest BCUT2D eigenvalue weighted by Crippen LogP contribution is -2.53.